The molecule has 2 bridgehead atoms. The van der Waals surface area contributed by atoms with E-state index in [1.807, 2.05) is 18.0 Å². The third-order valence-electron chi connectivity index (χ3n) is 5.97. The molecule has 2 N–H and O–H groups in total. The van der Waals surface area contributed by atoms with Crippen molar-refractivity contribution >= 4 is 5.82 Å². The van der Waals surface area contributed by atoms with Gasteiger partial charge < -0.3 is 15.3 Å². The van der Waals surface area contributed by atoms with Crippen molar-refractivity contribution in [3.8, 4) is 22.7 Å². The first-order chi connectivity index (χ1) is 14.1. The van der Waals surface area contributed by atoms with Gasteiger partial charge in [0.15, 0.2) is 5.82 Å². The number of fused-ring (bicyclic) bond motifs is 2. The normalized spacial score (nSPS) is 25.9. The summed E-state index contributed by atoms with van der Waals surface area (Å²) in [4.78, 5) is 3.31. The maximum atomic E-state index is 14.8. The number of aromatic nitrogens is 5. The zero-order valence-corrected chi connectivity index (χ0v) is 16.0. The molecular weight excluding hydrogens is 373 g/mol. The average Bonchev–Trinajstić information content (AvgIpc) is 3.41. The quantitative estimate of drug-likeness (QED) is 0.699. The molecule has 9 heteroatoms. The standard InChI is InChI=1S/C20H22FN7O/c1-27(17-10-12-2-5-16(24-12)20(17)21)19-7-6-15(25-26-19)14-4-3-13(11-18(14)29)28-22-8-9-23-28/h3-4,6-9,11-12,16-17,20,24,29H,2,5,10H2,1H3/t12?,16?,17-,20+/m0/s1. The van der Waals surface area contributed by atoms with Crippen molar-refractivity contribution in [1.82, 2.24) is 30.5 Å². The molecule has 4 atom stereocenters. The van der Waals surface area contributed by atoms with E-state index in [4.69, 9.17) is 0 Å². The van der Waals surface area contributed by atoms with Gasteiger partial charge in [0.25, 0.3) is 0 Å². The first kappa shape index (κ1) is 18.0. The summed E-state index contributed by atoms with van der Waals surface area (Å²) < 4.78 is 14.8. The predicted octanol–water partition coefficient (Wildman–Crippen LogP) is 2.10. The molecule has 2 aliphatic heterocycles. The molecule has 1 aromatic carbocycles. The molecule has 2 fully saturated rings. The van der Waals surface area contributed by atoms with Gasteiger partial charge in [-0.25, -0.2) is 4.39 Å². The smallest absolute Gasteiger partial charge is 0.151 e. The fourth-order valence-electron chi connectivity index (χ4n) is 4.39. The van der Waals surface area contributed by atoms with Crippen LogP contribution in [-0.4, -0.2) is 61.6 Å². The third kappa shape index (κ3) is 3.21. The Bertz CT molecular complexity index is 995. The Labute approximate surface area is 167 Å². The van der Waals surface area contributed by atoms with E-state index in [1.54, 1.807) is 36.7 Å². The van der Waals surface area contributed by atoms with Gasteiger partial charge in [0.1, 0.15) is 11.9 Å². The van der Waals surface area contributed by atoms with Crippen molar-refractivity contribution < 1.29 is 9.50 Å². The van der Waals surface area contributed by atoms with E-state index in [0.717, 1.165) is 19.3 Å². The molecule has 2 aromatic heterocycles. The van der Waals surface area contributed by atoms with Crippen LogP contribution in [0.4, 0.5) is 10.2 Å². The molecule has 5 rings (SSSR count). The number of halogens is 1. The Morgan fingerprint density at radius 1 is 1.14 bits per heavy atom. The van der Waals surface area contributed by atoms with Crippen molar-refractivity contribution in [1.29, 1.82) is 0 Å². The van der Waals surface area contributed by atoms with E-state index in [2.05, 4.69) is 25.7 Å². The van der Waals surface area contributed by atoms with Crippen LogP contribution in [0.5, 0.6) is 5.75 Å². The minimum atomic E-state index is -0.923. The number of phenolic OH excluding ortho intramolecular Hbond substituents is 1. The Balaban J connectivity index is 1.36. The predicted molar refractivity (Wildman–Crippen MR) is 106 cm³/mol. The summed E-state index contributed by atoms with van der Waals surface area (Å²) in [5.74, 6) is 0.688. The number of rotatable bonds is 4. The summed E-state index contributed by atoms with van der Waals surface area (Å²) in [6, 6.07) is 8.86. The number of hydrogen-bond donors (Lipinski definition) is 2. The van der Waals surface area contributed by atoms with E-state index in [9.17, 15) is 9.50 Å². The molecular formula is C20H22FN7O. The second kappa shape index (κ2) is 7.07. The maximum Gasteiger partial charge on any atom is 0.151 e. The summed E-state index contributed by atoms with van der Waals surface area (Å²) in [6.07, 6.45) is 4.91. The van der Waals surface area contributed by atoms with Crippen LogP contribution in [0.15, 0.2) is 42.7 Å². The number of anilines is 1. The molecule has 2 aliphatic rings. The summed E-state index contributed by atoms with van der Waals surface area (Å²) in [5.41, 5.74) is 1.75. The minimum Gasteiger partial charge on any atom is -0.507 e. The van der Waals surface area contributed by atoms with Crippen LogP contribution in [0.2, 0.25) is 0 Å². The van der Waals surface area contributed by atoms with Gasteiger partial charge in [-0.15, -0.1) is 10.2 Å². The molecule has 0 amide bonds. The van der Waals surface area contributed by atoms with E-state index < -0.39 is 6.17 Å². The fourth-order valence-corrected chi connectivity index (χ4v) is 4.39. The second-order valence-electron chi connectivity index (χ2n) is 7.70. The summed E-state index contributed by atoms with van der Waals surface area (Å²) in [6.45, 7) is 0. The molecule has 150 valence electrons. The highest BCUT2D eigenvalue weighted by Gasteiger charge is 2.43. The van der Waals surface area contributed by atoms with Gasteiger partial charge >= 0.3 is 0 Å². The molecule has 0 spiro atoms. The van der Waals surface area contributed by atoms with Crippen LogP contribution in [-0.2, 0) is 0 Å². The van der Waals surface area contributed by atoms with Gasteiger partial charge in [-0.2, -0.15) is 15.0 Å². The zero-order valence-electron chi connectivity index (χ0n) is 16.0. The number of aromatic hydroxyl groups is 1. The number of hydrogen-bond acceptors (Lipinski definition) is 7. The summed E-state index contributed by atoms with van der Waals surface area (Å²) in [7, 11) is 1.87. The number of alkyl halides is 1. The number of nitrogens with zero attached hydrogens (tertiary/aromatic N) is 6. The molecule has 29 heavy (non-hydrogen) atoms. The zero-order chi connectivity index (χ0) is 20.0. The molecule has 0 saturated carbocycles. The van der Waals surface area contributed by atoms with Crippen LogP contribution < -0.4 is 10.2 Å². The molecule has 2 unspecified atom stereocenters. The highest BCUT2D eigenvalue weighted by molar-refractivity contribution is 5.68. The van der Waals surface area contributed by atoms with Crippen LogP contribution in [0.25, 0.3) is 16.9 Å². The Hall–Kier alpha value is -3.07. The van der Waals surface area contributed by atoms with Crippen LogP contribution in [0.3, 0.4) is 0 Å². The molecule has 4 heterocycles. The average molecular weight is 395 g/mol. The fraction of sp³-hybridized carbons (Fsp3) is 0.400. The van der Waals surface area contributed by atoms with Gasteiger partial charge in [0.05, 0.1) is 29.8 Å². The lowest BCUT2D eigenvalue weighted by Gasteiger charge is -2.38. The summed E-state index contributed by atoms with van der Waals surface area (Å²) in [5, 5.41) is 30.4. The third-order valence-corrected chi connectivity index (χ3v) is 5.97. The number of benzene rings is 1. The second-order valence-corrected chi connectivity index (χ2v) is 7.70. The van der Waals surface area contributed by atoms with E-state index in [-0.39, 0.29) is 17.8 Å². The highest BCUT2D eigenvalue weighted by Crippen LogP contribution is 2.34. The minimum absolute atomic E-state index is 0.0619. The van der Waals surface area contributed by atoms with Gasteiger partial charge in [-0.05, 0) is 43.5 Å². The van der Waals surface area contributed by atoms with Crippen molar-refractivity contribution in [2.45, 2.75) is 43.6 Å². The highest BCUT2D eigenvalue weighted by atomic mass is 19.1. The lowest BCUT2D eigenvalue weighted by Crippen LogP contribution is -2.55. The molecule has 2 saturated heterocycles. The van der Waals surface area contributed by atoms with Crippen LogP contribution in [0, 0.1) is 0 Å². The largest absolute Gasteiger partial charge is 0.507 e. The summed E-state index contributed by atoms with van der Waals surface area (Å²) >= 11 is 0. The van der Waals surface area contributed by atoms with E-state index in [0.29, 0.717) is 28.8 Å². The van der Waals surface area contributed by atoms with Gasteiger partial charge in [-0.3, -0.25) is 0 Å². The van der Waals surface area contributed by atoms with Crippen molar-refractivity contribution in [3.63, 3.8) is 0 Å². The Kier molecular flexibility index (Phi) is 4.39. The van der Waals surface area contributed by atoms with Crippen molar-refractivity contribution in [2.24, 2.45) is 0 Å². The lowest BCUT2D eigenvalue weighted by atomic mass is 9.96. The van der Waals surface area contributed by atoms with Gasteiger partial charge in [0, 0.05) is 30.8 Å². The Morgan fingerprint density at radius 2 is 1.97 bits per heavy atom. The monoisotopic (exact) mass is 395 g/mol. The molecule has 0 radical (unpaired) electrons. The number of piperidine rings is 1. The maximum absolute atomic E-state index is 14.8. The molecule has 8 nitrogen and oxygen atoms in total. The van der Waals surface area contributed by atoms with Crippen molar-refractivity contribution in [3.05, 3.63) is 42.7 Å². The molecule has 0 aliphatic carbocycles. The van der Waals surface area contributed by atoms with Crippen LogP contribution in [0.1, 0.15) is 19.3 Å². The first-order valence-electron chi connectivity index (χ1n) is 9.77. The topological polar surface area (TPSA) is 92.0 Å². The SMILES string of the molecule is CN(c1ccc(-c2ccc(-n3nccn3)cc2O)nn1)[C@H]1CC2CCC(N2)[C@H]1F. The van der Waals surface area contributed by atoms with Gasteiger partial charge in [0.2, 0.25) is 0 Å². The number of phenols is 1. The van der Waals surface area contributed by atoms with Gasteiger partial charge in [-0.1, -0.05) is 0 Å². The van der Waals surface area contributed by atoms with E-state index in [1.165, 1.54) is 4.80 Å². The van der Waals surface area contributed by atoms with Crippen LogP contribution >= 0.6 is 0 Å². The lowest BCUT2D eigenvalue weighted by molar-refractivity contribution is 0.176. The van der Waals surface area contributed by atoms with E-state index >= 15 is 0 Å². The Morgan fingerprint density at radius 3 is 2.69 bits per heavy atom. The molecule has 3 aromatic rings. The number of nitrogens with one attached hydrogen (secondary N) is 1. The first-order valence-corrected chi connectivity index (χ1v) is 9.77. The van der Waals surface area contributed by atoms with Crippen molar-refractivity contribution in [2.75, 3.05) is 11.9 Å².